The highest BCUT2D eigenvalue weighted by Gasteiger charge is 2.20. The normalized spacial score (nSPS) is 14.9. The van der Waals surface area contributed by atoms with Gasteiger partial charge >= 0.3 is 0 Å². The van der Waals surface area contributed by atoms with Crippen molar-refractivity contribution in [3.63, 3.8) is 0 Å². The van der Waals surface area contributed by atoms with Gasteiger partial charge in [0.1, 0.15) is 0 Å². The van der Waals surface area contributed by atoms with Gasteiger partial charge in [-0.3, -0.25) is 4.99 Å². The van der Waals surface area contributed by atoms with Crippen molar-refractivity contribution in [2.45, 2.75) is 32.7 Å². The number of nitrogens with zero attached hydrogens (tertiary/aromatic N) is 3. The molecule has 0 fully saturated rings. The smallest absolute Gasteiger partial charge is 0.206 e. The molecule has 1 aromatic heterocycles. The number of fused-ring (bicyclic) bond motifs is 1. The molecule has 0 N–H and O–H groups in total. The Hall–Kier alpha value is -3.06. The highest BCUT2D eigenvalue weighted by molar-refractivity contribution is 7.07. The molecule has 1 aliphatic rings. The van der Waals surface area contributed by atoms with E-state index >= 15 is 0 Å². The van der Waals surface area contributed by atoms with E-state index in [1.54, 1.807) is 32.7 Å². The lowest BCUT2D eigenvalue weighted by Crippen LogP contribution is -2.16. The Morgan fingerprint density at radius 2 is 1.68 bits per heavy atom. The predicted molar refractivity (Wildman–Crippen MR) is 125 cm³/mol. The van der Waals surface area contributed by atoms with Crippen molar-refractivity contribution in [3.05, 3.63) is 57.7 Å². The highest BCUT2D eigenvalue weighted by atomic mass is 32.1. The molecule has 0 amide bonds. The number of methoxy groups -OCH3 is 3. The van der Waals surface area contributed by atoms with E-state index in [2.05, 4.69) is 43.5 Å². The first-order chi connectivity index (χ1) is 15.0. The second kappa shape index (κ2) is 8.98. The summed E-state index contributed by atoms with van der Waals surface area (Å²) in [5, 5.41) is 7.16. The number of aryl methyl sites for hydroxylation is 1. The first-order valence-electron chi connectivity index (χ1n) is 10.3. The minimum atomic E-state index is 0.161. The largest absolute Gasteiger partial charge is 0.493 e. The van der Waals surface area contributed by atoms with Gasteiger partial charge in [-0.15, -0.1) is 11.3 Å². The van der Waals surface area contributed by atoms with Gasteiger partial charge < -0.3 is 14.2 Å². The fraction of sp³-hybridized carbons (Fsp3) is 0.333. The average molecular weight is 438 g/mol. The van der Waals surface area contributed by atoms with Gasteiger partial charge in [0, 0.05) is 22.5 Å². The maximum absolute atomic E-state index is 5.56. The van der Waals surface area contributed by atoms with Crippen LogP contribution in [0.4, 0.5) is 0 Å². The van der Waals surface area contributed by atoms with Crippen molar-refractivity contribution >= 4 is 17.0 Å². The zero-order valence-electron chi connectivity index (χ0n) is 18.5. The molecule has 1 heterocycles. The van der Waals surface area contributed by atoms with Crippen LogP contribution in [0.1, 0.15) is 31.4 Å². The Labute approximate surface area is 186 Å². The van der Waals surface area contributed by atoms with Crippen LogP contribution in [-0.2, 0) is 6.42 Å². The molecule has 0 saturated carbocycles. The van der Waals surface area contributed by atoms with E-state index in [1.165, 1.54) is 11.1 Å². The quantitative estimate of drug-likeness (QED) is 0.559. The maximum Gasteiger partial charge on any atom is 0.206 e. The number of aromatic nitrogens is 1. The number of hydrogen-bond acceptors (Lipinski definition) is 6. The van der Waals surface area contributed by atoms with Crippen molar-refractivity contribution in [3.8, 4) is 28.5 Å². The maximum atomic E-state index is 5.56. The van der Waals surface area contributed by atoms with Gasteiger partial charge in [0.05, 0.1) is 32.7 Å². The van der Waals surface area contributed by atoms with Crippen molar-refractivity contribution < 1.29 is 14.2 Å². The number of rotatable bonds is 6. The van der Waals surface area contributed by atoms with Crippen LogP contribution in [-0.4, -0.2) is 37.8 Å². The molecular formula is C24H27N3O3S. The highest BCUT2D eigenvalue weighted by Crippen LogP contribution is 2.41. The third-order valence-electron chi connectivity index (χ3n) is 5.19. The fourth-order valence-corrected chi connectivity index (χ4v) is 4.73. The molecule has 0 atom stereocenters. The molecule has 0 radical (unpaired) electrons. The first kappa shape index (κ1) is 21.2. The average Bonchev–Trinajstić information content (AvgIpc) is 3.37. The number of benzene rings is 2. The molecule has 2 aromatic carbocycles. The molecular weight excluding hydrogens is 410 g/mol. The van der Waals surface area contributed by atoms with Crippen LogP contribution < -0.4 is 19.0 Å². The summed E-state index contributed by atoms with van der Waals surface area (Å²) in [6.45, 7) is 4.14. The summed E-state index contributed by atoms with van der Waals surface area (Å²) in [6.07, 6.45) is 1.92. The van der Waals surface area contributed by atoms with Crippen LogP contribution in [0.2, 0.25) is 0 Å². The minimum absolute atomic E-state index is 0.161. The minimum Gasteiger partial charge on any atom is -0.493 e. The van der Waals surface area contributed by atoms with E-state index < -0.39 is 0 Å². The summed E-state index contributed by atoms with van der Waals surface area (Å²) in [6, 6.07) is 12.5. The molecule has 0 unspecified atom stereocenters. The number of thiazole rings is 1. The van der Waals surface area contributed by atoms with Gasteiger partial charge in [-0.2, -0.15) is 5.10 Å². The second-order valence-electron chi connectivity index (χ2n) is 7.56. The summed E-state index contributed by atoms with van der Waals surface area (Å²) in [5.41, 5.74) is 5.49. The molecule has 6 nitrogen and oxygen atoms in total. The van der Waals surface area contributed by atoms with Crippen LogP contribution >= 0.6 is 11.3 Å². The summed E-state index contributed by atoms with van der Waals surface area (Å²) < 4.78 is 18.6. The topological polar surface area (TPSA) is 57.3 Å². The van der Waals surface area contributed by atoms with Crippen molar-refractivity contribution in [1.82, 2.24) is 4.68 Å². The molecule has 0 bridgehead atoms. The van der Waals surface area contributed by atoms with Gasteiger partial charge in [0.15, 0.2) is 11.5 Å². The van der Waals surface area contributed by atoms with Gasteiger partial charge in [0.2, 0.25) is 10.6 Å². The Kier molecular flexibility index (Phi) is 6.13. The lowest BCUT2D eigenvalue weighted by atomic mass is 10.1. The Balaban J connectivity index is 1.92. The zero-order chi connectivity index (χ0) is 22.0. The van der Waals surface area contributed by atoms with E-state index in [4.69, 9.17) is 24.3 Å². The van der Waals surface area contributed by atoms with Crippen LogP contribution in [0.15, 0.2) is 51.9 Å². The standard InChI is InChI=1S/C24H27N3O3S/c1-15(2)25-24-27(26-19-11-10-16-8-6-7-9-18(16)19)20(14-31-24)17-12-21(28-3)23(30-5)22(13-17)29-4/h6-9,12-15H,10-11H2,1-5H3. The molecule has 162 valence electrons. The first-order valence-corrected chi connectivity index (χ1v) is 11.1. The third kappa shape index (κ3) is 4.10. The van der Waals surface area contributed by atoms with E-state index in [-0.39, 0.29) is 6.04 Å². The van der Waals surface area contributed by atoms with Crippen LogP contribution in [0.5, 0.6) is 17.2 Å². The van der Waals surface area contributed by atoms with Gasteiger partial charge in [-0.25, -0.2) is 4.68 Å². The number of ether oxygens (including phenoxy) is 3. The SMILES string of the molecule is COc1cc(-c2csc(=NC(C)C)n2N=C2CCc3ccccc32)cc(OC)c1OC. The van der Waals surface area contributed by atoms with E-state index in [0.29, 0.717) is 17.2 Å². The summed E-state index contributed by atoms with van der Waals surface area (Å²) in [5.74, 6) is 1.78. The molecule has 3 aromatic rings. The van der Waals surface area contributed by atoms with Gasteiger partial charge in [-0.1, -0.05) is 24.3 Å². The predicted octanol–water partition coefficient (Wildman–Crippen LogP) is 4.75. The second-order valence-corrected chi connectivity index (χ2v) is 8.39. The Morgan fingerprint density at radius 3 is 2.32 bits per heavy atom. The molecule has 31 heavy (non-hydrogen) atoms. The van der Waals surface area contributed by atoms with Gasteiger partial charge in [0.25, 0.3) is 0 Å². The van der Waals surface area contributed by atoms with E-state index in [1.807, 2.05) is 16.8 Å². The van der Waals surface area contributed by atoms with Crippen molar-refractivity contribution in [2.24, 2.45) is 10.1 Å². The molecule has 0 aliphatic heterocycles. The Bertz CT molecular complexity index is 1170. The molecule has 0 spiro atoms. The van der Waals surface area contributed by atoms with Gasteiger partial charge in [-0.05, 0) is 44.4 Å². The zero-order valence-corrected chi connectivity index (χ0v) is 19.3. The van der Waals surface area contributed by atoms with Crippen LogP contribution in [0.3, 0.4) is 0 Å². The van der Waals surface area contributed by atoms with Crippen LogP contribution in [0.25, 0.3) is 11.3 Å². The third-order valence-corrected chi connectivity index (χ3v) is 6.02. The van der Waals surface area contributed by atoms with E-state index in [0.717, 1.165) is 34.6 Å². The number of hydrogen-bond donors (Lipinski definition) is 0. The van der Waals surface area contributed by atoms with Crippen LogP contribution in [0, 0.1) is 0 Å². The summed E-state index contributed by atoms with van der Waals surface area (Å²) in [4.78, 5) is 5.67. The monoisotopic (exact) mass is 437 g/mol. The lowest BCUT2D eigenvalue weighted by molar-refractivity contribution is 0.324. The summed E-state index contributed by atoms with van der Waals surface area (Å²) >= 11 is 1.58. The summed E-state index contributed by atoms with van der Waals surface area (Å²) in [7, 11) is 4.85. The fourth-order valence-electron chi connectivity index (χ4n) is 3.77. The molecule has 4 rings (SSSR count). The van der Waals surface area contributed by atoms with E-state index in [9.17, 15) is 0 Å². The lowest BCUT2D eigenvalue weighted by Gasteiger charge is -2.14. The molecule has 1 aliphatic carbocycles. The Morgan fingerprint density at radius 1 is 0.968 bits per heavy atom. The van der Waals surface area contributed by atoms with Crippen molar-refractivity contribution in [1.29, 1.82) is 0 Å². The molecule has 7 heteroatoms. The molecule has 0 saturated heterocycles. The van der Waals surface area contributed by atoms with Crippen molar-refractivity contribution in [2.75, 3.05) is 21.3 Å².